The lowest BCUT2D eigenvalue weighted by atomic mass is 10.2. The molecule has 0 aliphatic carbocycles. The van der Waals surface area contributed by atoms with Crippen molar-refractivity contribution < 1.29 is 14.3 Å². The molecule has 0 saturated carbocycles. The van der Waals surface area contributed by atoms with E-state index < -0.39 is 6.10 Å². The van der Waals surface area contributed by atoms with Crippen molar-refractivity contribution in [1.82, 2.24) is 5.43 Å². The topological polar surface area (TPSA) is 50.8 Å². The molecule has 1 N–H and O–H groups in total. The Balaban J connectivity index is 1.73. The van der Waals surface area contributed by atoms with Gasteiger partial charge in [-0.3, -0.25) is 15.2 Å². The lowest BCUT2D eigenvalue weighted by Gasteiger charge is -2.29. The van der Waals surface area contributed by atoms with Gasteiger partial charge in [0, 0.05) is 0 Å². The summed E-state index contributed by atoms with van der Waals surface area (Å²) in [4.78, 5) is 12.4. The van der Waals surface area contributed by atoms with Crippen molar-refractivity contribution in [3.8, 4) is 0 Å². The number of carbonyl (C=O) groups is 1. The van der Waals surface area contributed by atoms with Gasteiger partial charge in [0.25, 0.3) is 5.91 Å². The number of amides is 1. The maximum atomic E-state index is 12.4. The van der Waals surface area contributed by atoms with E-state index in [1.165, 1.54) is 0 Å². The number of benzene rings is 2. The van der Waals surface area contributed by atoms with Crippen molar-refractivity contribution in [1.29, 1.82) is 0 Å². The van der Waals surface area contributed by atoms with Crippen molar-refractivity contribution in [3.05, 3.63) is 66.2 Å². The van der Waals surface area contributed by atoms with Crippen LogP contribution in [0.25, 0.3) is 0 Å². The normalized spacial score (nSPS) is 17.5. The van der Waals surface area contributed by atoms with Gasteiger partial charge < -0.3 is 9.47 Å². The number of nitrogens with zero attached hydrogens (tertiary/aromatic N) is 1. The first-order chi connectivity index (χ1) is 11.3. The monoisotopic (exact) mass is 312 g/mol. The van der Waals surface area contributed by atoms with E-state index in [0.29, 0.717) is 26.4 Å². The molecule has 1 aliphatic rings. The molecule has 5 nitrogen and oxygen atoms in total. The Hall–Kier alpha value is -2.37. The fourth-order valence-corrected chi connectivity index (χ4v) is 2.41. The van der Waals surface area contributed by atoms with E-state index in [1.807, 2.05) is 65.7 Å². The number of rotatable bonds is 5. The van der Waals surface area contributed by atoms with Gasteiger partial charge in [0.1, 0.15) is 0 Å². The van der Waals surface area contributed by atoms with Crippen LogP contribution in [0.4, 0.5) is 5.69 Å². The number of para-hydroxylation sites is 1. The van der Waals surface area contributed by atoms with Crippen LogP contribution in [0.5, 0.6) is 0 Å². The van der Waals surface area contributed by atoms with Crippen molar-refractivity contribution in [3.63, 3.8) is 0 Å². The molecule has 1 aliphatic heterocycles. The van der Waals surface area contributed by atoms with Crippen LogP contribution in [-0.4, -0.2) is 31.8 Å². The Morgan fingerprint density at radius 2 is 1.74 bits per heavy atom. The summed E-state index contributed by atoms with van der Waals surface area (Å²) in [6, 6.07) is 19.8. The molecule has 0 aromatic heterocycles. The summed E-state index contributed by atoms with van der Waals surface area (Å²) in [6.45, 7) is 1.85. The van der Waals surface area contributed by atoms with Gasteiger partial charge in [-0.25, -0.2) is 0 Å². The minimum atomic E-state index is -0.564. The zero-order valence-electron chi connectivity index (χ0n) is 12.9. The Kier molecular flexibility index (Phi) is 5.24. The molecule has 1 unspecified atom stereocenters. The van der Waals surface area contributed by atoms with Gasteiger partial charge in [-0.2, -0.15) is 0 Å². The van der Waals surface area contributed by atoms with Crippen LogP contribution in [-0.2, 0) is 20.8 Å². The van der Waals surface area contributed by atoms with E-state index in [1.54, 1.807) is 0 Å². The molecule has 1 saturated heterocycles. The highest BCUT2D eigenvalue weighted by Crippen LogP contribution is 2.15. The maximum absolute atomic E-state index is 12.4. The number of nitrogens with one attached hydrogen (secondary N) is 1. The lowest BCUT2D eigenvalue weighted by Crippen LogP contribution is -2.50. The van der Waals surface area contributed by atoms with Gasteiger partial charge in [-0.1, -0.05) is 48.5 Å². The molecule has 1 fully saturated rings. The Bertz CT molecular complexity index is 613. The zero-order chi connectivity index (χ0) is 15.9. The molecule has 5 heteroatoms. The summed E-state index contributed by atoms with van der Waals surface area (Å²) in [5, 5.41) is 1.83. The number of ether oxygens (including phenoxy) is 2. The first-order valence-electron chi connectivity index (χ1n) is 7.69. The third kappa shape index (κ3) is 4.31. The zero-order valence-corrected chi connectivity index (χ0v) is 12.9. The standard InChI is InChI=1S/C18H20N2O3/c21-18(17-14-22-11-12-23-17)19-20(16-9-5-2-6-10-16)13-15-7-3-1-4-8-15/h1-10,17H,11-14H2,(H,19,21). The van der Waals surface area contributed by atoms with E-state index in [9.17, 15) is 4.79 Å². The molecule has 1 heterocycles. The predicted octanol–water partition coefficient (Wildman–Crippen LogP) is 2.14. The second-order valence-electron chi connectivity index (χ2n) is 5.32. The summed E-state index contributed by atoms with van der Waals surface area (Å²) in [5.41, 5.74) is 4.97. The van der Waals surface area contributed by atoms with Gasteiger partial charge in [0.15, 0.2) is 6.10 Å². The van der Waals surface area contributed by atoms with Gasteiger partial charge in [0.2, 0.25) is 0 Å². The minimum absolute atomic E-state index is 0.190. The second-order valence-corrected chi connectivity index (χ2v) is 5.32. The van der Waals surface area contributed by atoms with E-state index in [2.05, 4.69) is 5.43 Å². The molecule has 0 spiro atoms. The molecular formula is C18H20N2O3. The van der Waals surface area contributed by atoms with E-state index in [4.69, 9.17) is 9.47 Å². The lowest BCUT2D eigenvalue weighted by molar-refractivity contribution is -0.147. The number of hydrogen-bond acceptors (Lipinski definition) is 4. The van der Waals surface area contributed by atoms with Crippen LogP contribution in [0.1, 0.15) is 5.56 Å². The van der Waals surface area contributed by atoms with Crippen LogP contribution in [0.3, 0.4) is 0 Å². The highest BCUT2D eigenvalue weighted by atomic mass is 16.6. The van der Waals surface area contributed by atoms with Crippen LogP contribution in [0, 0.1) is 0 Å². The minimum Gasteiger partial charge on any atom is -0.376 e. The maximum Gasteiger partial charge on any atom is 0.270 e. The Morgan fingerprint density at radius 3 is 2.39 bits per heavy atom. The molecule has 2 aromatic carbocycles. The quantitative estimate of drug-likeness (QED) is 0.860. The molecule has 2 aromatic rings. The molecule has 120 valence electrons. The predicted molar refractivity (Wildman–Crippen MR) is 87.8 cm³/mol. The largest absolute Gasteiger partial charge is 0.376 e. The third-order valence-electron chi connectivity index (χ3n) is 3.60. The average Bonchev–Trinajstić information content (AvgIpc) is 2.63. The van der Waals surface area contributed by atoms with Gasteiger partial charge in [-0.05, 0) is 17.7 Å². The van der Waals surface area contributed by atoms with Crippen molar-refractivity contribution in [2.24, 2.45) is 0 Å². The van der Waals surface area contributed by atoms with Crippen molar-refractivity contribution in [2.45, 2.75) is 12.6 Å². The Labute approximate surface area is 135 Å². The molecule has 23 heavy (non-hydrogen) atoms. The van der Waals surface area contributed by atoms with Gasteiger partial charge in [-0.15, -0.1) is 0 Å². The number of hydrogen-bond donors (Lipinski definition) is 1. The van der Waals surface area contributed by atoms with Crippen LogP contribution < -0.4 is 10.4 Å². The van der Waals surface area contributed by atoms with Crippen LogP contribution in [0.15, 0.2) is 60.7 Å². The van der Waals surface area contributed by atoms with E-state index in [-0.39, 0.29) is 5.91 Å². The second kappa shape index (κ2) is 7.76. The number of hydrazine groups is 1. The fraction of sp³-hybridized carbons (Fsp3) is 0.278. The smallest absolute Gasteiger partial charge is 0.270 e. The summed E-state index contributed by atoms with van der Waals surface area (Å²) in [6.07, 6.45) is -0.564. The van der Waals surface area contributed by atoms with E-state index >= 15 is 0 Å². The van der Waals surface area contributed by atoms with Gasteiger partial charge >= 0.3 is 0 Å². The third-order valence-corrected chi connectivity index (χ3v) is 3.60. The summed E-state index contributed by atoms with van der Waals surface area (Å²) in [5.74, 6) is -0.190. The molecule has 0 radical (unpaired) electrons. The van der Waals surface area contributed by atoms with Crippen LogP contribution >= 0.6 is 0 Å². The molecule has 3 rings (SSSR count). The summed E-state index contributed by atoms with van der Waals surface area (Å²) in [7, 11) is 0. The number of carbonyl (C=O) groups excluding carboxylic acids is 1. The fourth-order valence-electron chi connectivity index (χ4n) is 2.41. The highest BCUT2D eigenvalue weighted by molar-refractivity contribution is 5.82. The SMILES string of the molecule is O=C(NN(Cc1ccccc1)c1ccccc1)C1COCCO1. The molecule has 1 atom stereocenters. The summed E-state index contributed by atoms with van der Waals surface area (Å²) < 4.78 is 10.8. The number of anilines is 1. The first-order valence-corrected chi connectivity index (χ1v) is 7.69. The van der Waals surface area contributed by atoms with Crippen molar-refractivity contribution >= 4 is 11.6 Å². The van der Waals surface area contributed by atoms with E-state index in [0.717, 1.165) is 11.3 Å². The Morgan fingerprint density at radius 1 is 1.04 bits per heavy atom. The first kappa shape index (κ1) is 15.5. The van der Waals surface area contributed by atoms with Crippen LogP contribution in [0.2, 0.25) is 0 Å². The summed E-state index contributed by atoms with van der Waals surface area (Å²) >= 11 is 0. The highest BCUT2D eigenvalue weighted by Gasteiger charge is 2.24. The molecule has 0 bridgehead atoms. The molecule has 1 amide bonds. The molecular weight excluding hydrogens is 292 g/mol. The van der Waals surface area contributed by atoms with Gasteiger partial charge in [0.05, 0.1) is 32.1 Å². The average molecular weight is 312 g/mol. The van der Waals surface area contributed by atoms with Crippen molar-refractivity contribution in [2.75, 3.05) is 24.8 Å².